The van der Waals surface area contributed by atoms with E-state index >= 15 is 0 Å². The van der Waals surface area contributed by atoms with Crippen LogP contribution in [0.4, 0.5) is 0 Å². The van der Waals surface area contributed by atoms with Crippen molar-refractivity contribution in [2.75, 3.05) is 19.8 Å². The van der Waals surface area contributed by atoms with E-state index < -0.39 is 0 Å². The molecule has 0 atom stereocenters. The minimum Gasteiger partial charge on any atom is -0.490 e. The van der Waals surface area contributed by atoms with Crippen LogP contribution in [0.15, 0.2) is 48.2 Å². The van der Waals surface area contributed by atoms with Gasteiger partial charge in [-0.3, -0.25) is 4.79 Å². The molecule has 5 nitrogen and oxygen atoms in total. The number of aromatic nitrogens is 1. The Morgan fingerprint density at radius 3 is 2.21 bits per heavy atom. The average Bonchev–Trinajstić information content (AvgIpc) is 3.13. The summed E-state index contributed by atoms with van der Waals surface area (Å²) in [5.74, 6) is 1.48. The van der Waals surface area contributed by atoms with Crippen LogP contribution < -0.4 is 14.2 Å². The molecule has 1 aromatic heterocycles. The monoisotopic (exact) mass is 393 g/mol. The summed E-state index contributed by atoms with van der Waals surface area (Å²) in [6.45, 7) is 8.92. The molecule has 0 saturated carbocycles. The summed E-state index contributed by atoms with van der Waals surface area (Å²) in [4.78, 5) is 16.4. The van der Waals surface area contributed by atoms with Crippen LogP contribution in [0, 0.1) is 0 Å². The van der Waals surface area contributed by atoms with E-state index in [9.17, 15) is 4.79 Å². The van der Waals surface area contributed by atoms with Gasteiger partial charge in [-0.1, -0.05) is 18.2 Å². The van der Waals surface area contributed by atoms with Crippen LogP contribution in [0.25, 0.3) is 17.0 Å². The maximum absolute atomic E-state index is 13.2. The minimum absolute atomic E-state index is 0.0831. The molecule has 0 aliphatic rings. The second kappa shape index (κ2) is 9.32. The molecule has 152 valence electrons. The average molecular weight is 393 g/mol. The standard InChI is InChI=1S/C24H27NO4/c1-5-27-21-13-17(14-22(28-6-2)24(21)29-7-3)23(26)16(4)12-18-15-25-20-11-9-8-10-19(18)20/h8-15,25H,5-7H2,1-4H3/b16-12+. The van der Waals surface area contributed by atoms with Crippen LogP contribution in [0.5, 0.6) is 17.2 Å². The second-order valence-electron chi connectivity index (χ2n) is 6.55. The number of H-pyrrole nitrogens is 1. The number of para-hydroxylation sites is 1. The molecule has 3 aromatic rings. The largest absolute Gasteiger partial charge is 0.490 e. The molecule has 0 radical (unpaired) electrons. The lowest BCUT2D eigenvalue weighted by atomic mass is 10.0. The first-order valence-electron chi connectivity index (χ1n) is 9.94. The van der Waals surface area contributed by atoms with Gasteiger partial charge in [0.1, 0.15) is 0 Å². The number of nitrogens with one attached hydrogen (secondary N) is 1. The maximum Gasteiger partial charge on any atom is 0.203 e. The molecule has 1 N–H and O–H groups in total. The van der Waals surface area contributed by atoms with Crippen molar-refractivity contribution in [3.63, 3.8) is 0 Å². The lowest BCUT2D eigenvalue weighted by Gasteiger charge is -2.17. The van der Waals surface area contributed by atoms with Crippen molar-refractivity contribution < 1.29 is 19.0 Å². The first-order valence-corrected chi connectivity index (χ1v) is 9.94. The van der Waals surface area contributed by atoms with Crippen LogP contribution in [0.3, 0.4) is 0 Å². The number of carbonyl (C=O) groups excluding carboxylic acids is 1. The number of Topliss-reactive ketones (excluding diaryl/α,β-unsaturated/α-hetero) is 1. The van der Waals surface area contributed by atoms with E-state index in [1.807, 2.05) is 64.2 Å². The highest BCUT2D eigenvalue weighted by Crippen LogP contribution is 2.39. The van der Waals surface area contributed by atoms with Crippen LogP contribution >= 0.6 is 0 Å². The molecule has 3 rings (SSSR count). The van der Waals surface area contributed by atoms with Crippen LogP contribution in [0.1, 0.15) is 43.6 Å². The van der Waals surface area contributed by atoms with Crippen molar-refractivity contribution >= 4 is 22.8 Å². The lowest BCUT2D eigenvalue weighted by molar-refractivity contribution is 0.103. The van der Waals surface area contributed by atoms with E-state index in [0.717, 1.165) is 16.5 Å². The van der Waals surface area contributed by atoms with E-state index in [0.29, 0.717) is 48.2 Å². The maximum atomic E-state index is 13.2. The van der Waals surface area contributed by atoms with Gasteiger partial charge in [-0.05, 0) is 57.5 Å². The van der Waals surface area contributed by atoms with Crippen LogP contribution in [-0.4, -0.2) is 30.6 Å². The molecule has 29 heavy (non-hydrogen) atoms. The number of aromatic amines is 1. The highest BCUT2D eigenvalue weighted by Gasteiger charge is 2.19. The quantitative estimate of drug-likeness (QED) is 0.377. The third kappa shape index (κ3) is 4.45. The highest BCUT2D eigenvalue weighted by atomic mass is 16.5. The number of benzene rings is 2. The SMILES string of the molecule is CCOc1cc(C(=O)/C(C)=C/c2c[nH]c3ccccc23)cc(OCC)c1OCC. The molecule has 0 fully saturated rings. The van der Waals surface area contributed by atoms with Gasteiger partial charge in [-0.15, -0.1) is 0 Å². The molecule has 0 amide bonds. The van der Waals surface area contributed by atoms with Crippen molar-refractivity contribution in [1.82, 2.24) is 4.98 Å². The third-order valence-corrected chi connectivity index (χ3v) is 4.52. The van der Waals surface area contributed by atoms with Crippen LogP contribution in [-0.2, 0) is 0 Å². The Hall–Kier alpha value is -3.21. The van der Waals surface area contributed by atoms with Gasteiger partial charge in [-0.25, -0.2) is 0 Å². The molecule has 0 aliphatic heterocycles. The molecule has 0 unspecified atom stereocenters. The van der Waals surface area contributed by atoms with Gasteiger partial charge in [0, 0.05) is 28.2 Å². The topological polar surface area (TPSA) is 60.6 Å². The summed E-state index contributed by atoms with van der Waals surface area (Å²) in [6, 6.07) is 11.5. The van der Waals surface area contributed by atoms with Gasteiger partial charge in [0.25, 0.3) is 0 Å². The molecule has 0 bridgehead atoms. The van der Waals surface area contributed by atoms with E-state index in [1.165, 1.54) is 0 Å². The van der Waals surface area contributed by atoms with Gasteiger partial charge in [0.15, 0.2) is 17.3 Å². The normalized spacial score (nSPS) is 11.5. The Labute approximate surface area is 171 Å². The molecule has 2 aromatic carbocycles. The summed E-state index contributed by atoms with van der Waals surface area (Å²) in [5, 5.41) is 1.08. The Morgan fingerprint density at radius 2 is 1.59 bits per heavy atom. The summed E-state index contributed by atoms with van der Waals surface area (Å²) < 4.78 is 17.2. The predicted octanol–water partition coefficient (Wildman–Crippen LogP) is 5.65. The Bertz CT molecular complexity index is 1010. The fourth-order valence-corrected chi connectivity index (χ4v) is 3.26. The Kier molecular flexibility index (Phi) is 6.60. The van der Waals surface area contributed by atoms with Gasteiger partial charge >= 0.3 is 0 Å². The molecule has 0 aliphatic carbocycles. The first kappa shape index (κ1) is 20.5. The summed E-state index contributed by atoms with van der Waals surface area (Å²) in [7, 11) is 0. The Morgan fingerprint density at radius 1 is 0.966 bits per heavy atom. The first-order chi connectivity index (χ1) is 14.1. The Balaban J connectivity index is 2.00. The van der Waals surface area contributed by atoms with Crippen molar-refractivity contribution in [3.8, 4) is 17.2 Å². The van der Waals surface area contributed by atoms with Gasteiger partial charge in [0.2, 0.25) is 5.75 Å². The fourth-order valence-electron chi connectivity index (χ4n) is 3.26. The molecule has 0 spiro atoms. The highest BCUT2D eigenvalue weighted by molar-refractivity contribution is 6.12. The number of ether oxygens (including phenoxy) is 3. The van der Waals surface area contributed by atoms with Gasteiger partial charge in [0.05, 0.1) is 19.8 Å². The van der Waals surface area contributed by atoms with E-state index in [4.69, 9.17) is 14.2 Å². The zero-order valence-corrected chi connectivity index (χ0v) is 17.4. The van der Waals surface area contributed by atoms with Crippen molar-refractivity contribution in [2.45, 2.75) is 27.7 Å². The number of fused-ring (bicyclic) bond motifs is 1. The van der Waals surface area contributed by atoms with E-state index in [1.54, 1.807) is 12.1 Å². The van der Waals surface area contributed by atoms with Crippen molar-refractivity contribution in [3.05, 3.63) is 59.3 Å². The zero-order valence-electron chi connectivity index (χ0n) is 17.4. The van der Waals surface area contributed by atoms with Gasteiger partial charge in [-0.2, -0.15) is 0 Å². The number of hydrogen-bond donors (Lipinski definition) is 1. The summed E-state index contributed by atoms with van der Waals surface area (Å²) in [6.07, 6.45) is 3.81. The number of carbonyl (C=O) groups is 1. The molecule has 0 saturated heterocycles. The number of ketones is 1. The molecular formula is C24H27NO4. The van der Waals surface area contributed by atoms with Crippen molar-refractivity contribution in [2.24, 2.45) is 0 Å². The van der Waals surface area contributed by atoms with E-state index in [2.05, 4.69) is 4.98 Å². The van der Waals surface area contributed by atoms with Crippen molar-refractivity contribution in [1.29, 1.82) is 0 Å². The fraction of sp³-hybridized carbons (Fsp3) is 0.292. The molecular weight excluding hydrogens is 366 g/mol. The second-order valence-corrected chi connectivity index (χ2v) is 6.55. The molecule has 5 heteroatoms. The number of hydrogen-bond acceptors (Lipinski definition) is 4. The molecule has 1 heterocycles. The third-order valence-electron chi connectivity index (χ3n) is 4.52. The number of allylic oxidation sites excluding steroid dienone is 1. The predicted molar refractivity (Wildman–Crippen MR) is 116 cm³/mol. The summed E-state index contributed by atoms with van der Waals surface area (Å²) >= 11 is 0. The van der Waals surface area contributed by atoms with E-state index in [-0.39, 0.29) is 5.78 Å². The lowest BCUT2D eigenvalue weighted by Crippen LogP contribution is -2.07. The van der Waals surface area contributed by atoms with Gasteiger partial charge < -0.3 is 19.2 Å². The zero-order chi connectivity index (χ0) is 20.8. The number of rotatable bonds is 9. The summed E-state index contributed by atoms with van der Waals surface area (Å²) in [5.41, 5.74) is 3.16. The minimum atomic E-state index is -0.0831. The smallest absolute Gasteiger partial charge is 0.203 e. The van der Waals surface area contributed by atoms with Crippen LogP contribution in [0.2, 0.25) is 0 Å².